The summed E-state index contributed by atoms with van der Waals surface area (Å²) in [6, 6.07) is -0.452. The van der Waals surface area contributed by atoms with Gasteiger partial charge in [0, 0.05) is 15.9 Å². The molecule has 0 fully saturated rings. The summed E-state index contributed by atoms with van der Waals surface area (Å²) < 4.78 is 29.6. The standard InChI is InChI=1S/C7H10BrF2N3O/c1-2-3-4(11)5-12-6(14-13-5)7(8,9)10/h4H,2-3,11H2,1H3. The van der Waals surface area contributed by atoms with Crippen molar-refractivity contribution in [3.05, 3.63) is 11.7 Å². The van der Waals surface area contributed by atoms with E-state index in [1.165, 1.54) is 0 Å². The topological polar surface area (TPSA) is 64.9 Å². The first-order valence-corrected chi connectivity index (χ1v) is 4.90. The second-order valence-corrected chi connectivity index (χ2v) is 3.85. The van der Waals surface area contributed by atoms with Crippen molar-refractivity contribution < 1.29 is 13.3 Å². The normalized spacial score (nSPS) is 14.4. The minimum atomic E-state index is -3.29. The monoisotopic (exact) mass is 269 g/mol. The zero-order valence-corrected chi connectivity index (χ0v) is 9.09. The number of halogens is 3. The summed E-state index contributed by atoms with van der Waals surface area (Å²) in [6.07, 6.45) is 1.46. The molecule has 0 radical (unpaired) electrons. The average molecular weight is 270 g/mol. The number of hydrogen-bond donors (Lipinski definition) is 1. The van der Waals surface area contributed by atoms with Crippen LogP contribution in [0.5, 0.6) is 0 Å². The van der Waals surface area contributed by atoms with E-state index in [9.17, 15) is 8.78 Å². The molecule has 0 aromatic carbocycles. The van der Waals surface area contributed by atoms with E-state index in [2.05, 4.69) is 30.6 Å². The third-order valence-electron chi connectivity index (χ3n) is 1.62. The second-order valence-electron chi connectivity index (χ2n) is 2.85. The number of nitrogens with zero attached hydrogens (tertiary/aromatic N) is 2. The van der Waals surface area contributed by atoms with Gasteiger partial charge in [-0.3, -0.25) is 0 Å². The summed E-state index contributed by atoms with van der Waals surface area (Å²) in [4.78, 5) is 0.213. The Hall–Kier alpha value is -0.560. The maximum Gasteiger partial charge on any atom is 0.378 e. The number of hydrogen-bond acceptors (Lipinski definition) is 4. The fourth-order valence-corrected chi connectivity index (χ4v) is 1.10. The van der Waals surface area contributed by atoms with Gasteiger partial charge in [-0.15, -0.1) is 0 Å². The third-order valence-corrected chi connectivity index (χ3v) is 1.95. The van der Waals surface area contributed by atoms with Crippen molar-refractivity contribution in [2.45, 2.75) is 30.6 Å². The van der Waals surface area contributed by atoms with Crippen LogP contribution in [0.4, 0.5) is 8.78 Å². The Bertz CT molecular complexity index is 299. The molecule has 1 unspecified atom stereocenters. The third kappa shape index (κ3) is 2.71. The lowest BCUT2D eigenvalue weighted by Gasteiger charge is -2.03. The van der Waals surface area contributed by atoms with Crippen molar-refractivity contribution in [1.29, 1.82) is 0 Å². The molecule has 0 saturated carbocycles. The molecule has 1 atom stereocenters. The van der Waals surface area contributed by atoms with Gasteiger partial charge in [-0.05, 0) is 6.42 Å². The first-order valence-electron chi connectivity index (χ1n) is 4.11. The van der Waals surface area contributed by atoms with E-state index < -0.39 is 16.8 Å². The second kappa shape index (κ2) is 4.31. The highest BCUT2D eigenvalue weighted by molar-refractivity contribution is 9.09. The van der Waals surface area contributed by atoms with E-state index >= 15 is 0 Å². The molecule has 7 heteroatoms. The summed E-state index contributed by atoms with van der Waals surface area (Å²) in [5, 5.41) is 3.38. The van der Waals surface area contributed by atoms with E-state index in [0.717, 1.165) is 6.42 Å². The molecule has 0 aliphatic rings. The molecule has 14 heavy (non-hydrogen) atoms. The van der Waals surface area contributed by atoms with Crippen LogP contribution >= 0.6 is 15.9 Å². The van der Waals surface area contributed by atoms with Gasteiger partial charge in [0.2, 0.25) is 0 Å². The Morgan fingerprint density at radius 1 is 1.64 bits per heavy atom. The summed E-state index contributed by atoms with van der Waals surface area (Å²) in [5.74, 6) is -0.653. The minimum Gasteiger partial charge on any atom is -0.331 e. The van der Waals surface area contributed by atoms with Crippen LogP contribution in [0.3, 0.4) is 0 Å². The van der Waals surface area contributed by atoms with Crippen molar-refractivity contribution in [2.75, 3.05) is 0 Å². The molecule has 1 heterocycles. The van der Waals surface area contributed by atoms with Crippen molar-refractivity contribution in [3.8, 4) is 0 Å². The quantitative estimate of drug-likeness (QED) is 0.852. The summed E-state index contributed by atoms with van der Waals surface area (Å²) in [7, 11) is 0. The van der Waals surface area contributed by atoms with E-state index in [0.29, 0.717) is 6.42 Å². The molecule has 80 valence electrons. The summed E-state index contributed by atoms with van der Waals surface area (Å²) in [6.45, 7) is 1.93. The number of aromatic nitrogens is 2. The van der Waals surface area contributed by atoms with Crippen LogP contribution in [0.25, 0.3) is 0 Å². The predicted octanol–water partition coefficient (Wildman–Crippen LogP) is 2.31. The predicted molar refractivity (Wildman–Crippen MR) is 49.0 cm³/mol. The van der Waals surface area contributed by atoms with E-state index in [-0.39, 0.29) is 5.82 Å². The lowest BCUT2D eigenvalue weighted by atomic mass is 10.2. The van der Waals surface area contributed by atoms with Gasteiger partial charge in [-0.2, -0.15) is 13.8 Å². The van der Waals surface area contributed by atoms with Crippen molar-refractivity contribution in [2.24, 2.45) is 5.73 Å². The van der Waals surface area contributed by atoms with Crippen LogP contribution in [0.2, 0.25) is 0 Å². The van der Waals surface area contributed by atoms with Gasteiger partial charge in [0.05, 0.1) is 6.04 Å². The van der Waals surface area contributed by atoms with Gasteiger partial charge in [0.25, 0.3) is 0 Å². The molecule has 0 amide bonds. The van der Waals surface area contributed by atoms with E-state index in [1.54, 1.807) is 0 Å². The van der Waals surface area contributed by atoms with Gasteiger partial charge in [0.15, 0.2) is 5.82 Å². The highest BCUT2D eigenvalue weighted by atomic mass is 79.9. The Labute approximate surface area is 88.0 Å². The van der Waals surface area contributed by atoms with Crippen molar-refractivity contribution in [1.82, 2.24) is 10.1 Å². The molecular weight excluding hydrogens is 260 g/mol. The molecule has 0 aliphatic heterocycles. The van der Waals surface area contributed by atoms with Crippen LogP contribution in [-0.2, 0) is 4.83 Å². The molecule has 1 rings (SSSR count). The first-order chi connectivity index (χ1) is 6.45. The molecule has 0 spiro atoms. The van der Waals surface area contributed by atoms with Gasteiger partial charge >= 0.3 is 10.7 Å². The lowest BCUT2D eigenvalue weighted by Crippen LogP contribution is -2.12. The highest BCUT2D eigenvalue weighted by Crippen LogP contribution is 2.33. The highest BCUT2D eigenvalue weighted by Gasteiger charge is 2.35. The SMILES string of the molecule is CCCC(N)c1noc(C(F)(F)Br)n1. The molecule has 1 aromatic heterocycles. The van der Waals surface area contributed by atoms with Crippen LogP contribution in [0.15, 0.2) is 4.52 Å². The van der Waals surface area contributed by atoms with Crippen LogP contribution < -0.4 is 5.73 Å². The Morgan fingerprint density at radius 2 is 2.29 bits per heavy atom. The molecule has 0 bridgehead atoms. The Morgan fingerprint density at radius 3 is 2.71 bits per heavy atom. The molecule has 2 N–H and O–H groups in total. The fraction of sp³-hybridized carbons (Fsp3) is 0.714. The van der Waals surface area contributed by atoms with Crippen LogP contribution in [-0.4, -0.2) is 10.1 Å². The van der Waals surface area contributed by atoms with Gasteiger partial charge in [0.1, 0.15) is 0 Å². The Kier molecular flexibility index (Phi) is 3.54. The average Bonchev–Trinajstić information content (AvgIpc) is 2.51. The number of rotatable bonds is 4. The summed E-state index contributed by atoms with van der Waals surface area (Å²) in [5.41, 5.74) is 5.62. The van der Waals surface area contributed by atoms with E-state index in [4.69, 9.17) is 5.73 Å². The van der Waals surface area contributed by atoms with Gasteiger partial charge < -0.3 is 10.3 Å². The van der Waals surface area contributed by atoms with Crippen LogP contribution in [0.1, 0.15) is 37.5 Å². The van der Waals surface area contributed by atoms with Gasteiger partial charge in [-0.25, -0.2) is 0 Å². The maximum atomic E-state index is 12.6. The molecule has 4 nitrogen and oxygen atoms in total. The number of alkyl halides is 3. The lowest BCUT2D eigenvalue weighted by molar-refractivity contribution is 0.0725. The molecule has 0 saturated heterocycles. The minimum absolute atomic E-state index is 0.112. The van der Waals surface area contributed by atoms with Crippen molar-refractivity contribution >= 4 is 15.9 Å². The molecular formula is C7H10BrF2N3O. The summed E-state index contributed by atoms with van der Waals surface area (Å²) >= 11 is 2.12. The first kappa shape index (κ1) is 11.5. The van der Waals surface area contributed by atoms with Crippen molar-refractivity contribution in [3.63, 3.8) is 0 Å². The number of nitrogens with two attached hydrogens (primary N) is 1. The zero-order valence-electron chi connectivity index (χ0n) is 7.51. The van der Waals surface area contributed by atoms with Crippen LogP contribution in [0, 0.1) is 0 Å². The van der Waals surface area contributed by atoms with Gasteiger partial charge in [-0.1, -0.05) is 18.5 Å². The zero-order chi connectivity index (χ0) is 10.8. The van der Waals surface area contributed by atoms with E-state index in [1.807, 2.05) is 6.92 Å². The Balaban J connectivity index is 2.78. The fourth-order valence-electron chi connectivity index (χ4n) is 0.941. The molecule has 1 aromatic rings. The largest absolute Gasteiger partial charge is 0.378 e. The smallest absolute Gasteiger partial charge is 0.331 e. The molecule has 0 aliphatic carbocycles. The maximum absolute atomic E-state index is 12.6.